The quantitative estimate of drug-likeness (QED) is 0.577. The molecule has 4 N–H and O–H groups in total. The molecule has 1 saturated heterocycles. The van der Waals surface area contributed by atoms with Crippen LogP contribution in [0.15, 0.2) is 17.1 Å². The van der Waals surface area contributed by atoms with Crippen molar-refractivity contribution in [1.29, 1.82) is 0 Å². The van der Waals surface area contributed by atoms with Gasteiger partial charge >= 0.3 is 5.69 Å². The van der Waals surface area contributed by atoms with E-state index in [1.807, 2.05) is 0 Å². The van der Waals surface area contributed by atoms with Crippen LogP contribution in [0.25, 0.3) is 0 Å². The number of nitrogens with zero attached hydrogens (tertiary/aromatic N) is 2. The first-order chi connectivity index (χ1) is 9.20. The molecule has 1 aromatic heterocycles. The summed E-state index contributed by atoms with van der Waals surface area (Å²) in [4.78, 5) is 15.0. The second-order valence-corrected chi connectivity index (χ2v) is 6.47. The Bertz CT molecular complexity index is 594. The average Bonchev–Trinajstić information content (AvgIpc) is 2.75. The van der Waals surface area contributed by atoms with Gasteiger partial charge in [-0.15, -0.1) is 11.8 Å². The van der Waals surface area contributed by atoms with Gasteiger partial charge in [-0.2, -0.15) is 13.4 Å². The lowest BCUT2D eigenvalue weighted by Crippen LogP contribution is -2.28. The van der Waals surface area contributed by atoms with Crippen LogP contribution in [0.3, 0.4) is 0 Å². The molecule has 2 atom stereocenters. The monoisotopic (exact) mass is 325 g/mol. The van der Waals surface area contributed by atoms with E-state index in [2.05, 4.69) is 4.98 Å². The molecular weight excluding hydrogens is 310 g/mol. The van der Waals surface area contributed by atoms with Crippen molar-refractivity contribution in [1.82, 2.24) is 9.55 Å². The van der Waals surface area contributed by atoms with Crippen LogP contribution in [0, 0.1) is 0 Å². The van der Waals surface area contributed by atoms with Gasteiger partial charge in [-0.05, 0) is 6.07 Å². The van der Waals surface area contributed by atoms with Crippen molar-refractivity contribution in [2.45, 2.75) is 11.7 Å². The number of rotatable bonds is 2. The molecule has 9 nitrogen and oxygen atoms in total. The Morgan fingerprint density at radius 2 is 2.25 bits per heavy atom. The van der Waals surface area contributed by atoms with E-state index in [4.69, 9.17) is 20.1 Å². The fourth-order valence-corrected chi connectivity index (χ4v) is 2.26. The highest BCUT2D eigenvalue weighted by Crippen LogP contribution is 2.30. The first-order valence-corrected chi connectivity index (χ1v) is 8.25. The predicted molar refractivity (Wildman–Crippen MR) is 73.8 cm³/mol. The zero-order valence-corrected chi connectivity index (χ0v) is 12.2. The number of aromatic nitrogens is 2. The highest BCUT2D eigenvalue weighted by Gasteiger charge is 2.27. The van der Waals surface area contributed by atoms with Gasteiger partial charge in [0.15, 0.2) is 0 Å². The molecule has 0 saturated carbocycles. The normalized spacial score (nSPS) is 22.1. The number of hydrogen-bond acceptors (Lipinski definition) is 8. The van der Waals surface area contributed by atoms with Crippen molar-refractivity contribution in [3.05, 3.63) is 22.7 Å². The Labute approximate surface area is 119 Å². The Hall–Kier alpha value is -1.14. The minimum atomic E-state index is -3.67. The number of ether oxygens (including phenoxy) is 1. The fraction of sp³-hybridized carbons (Fsp3) is 0.556. The summed E-state index contributed by atoms with van der Waals surface area (Å²) in [5, 5.41) is 8.88. The molecule has 1 aromatic rings. The number of anilines is 1. The zero-order valence-electron chi connectivity index (χ0n) is 10.5. The van der Waals surface area contributed by atoms with E-state index in [1.54, 1.807) is 12.3 Å². The molecule has 1 fully saturated rings. The van der Waals surface area contributed by atoms with Crippen LogP contribution in [0.2, 0.25) is 0 Å². The topological polar surface area (TPSA) is 145 Å². The Morgan fingerprint density at radius 3 is 2.70 bits per heavy atom. The predicted octanol–water partition coefficient (Wildman–Crippen LogP) is -1.09. The second kappa shape index (κ2) is 7.04. The summed E-state index contributed by atoms with van der Waals surface area (Å²) in [6, 6.07) is 1.54. The van der Waals surface area contributed by atoms with E-state index in [1.165, 1.54) is 16.3 Å². The molecule has 0 aromatic carbocycles. The van der Waals surface area contributed by atoms with E-state index in [0.717, 1.165) is 0 Å². The molecule has 0 aliphatic carbocycles. The zero-order chi connectivity index (χ0) is 15.3. The van der Waals surface area contributed by atoms with Gasteiger partial charge < -0.3 is 15.6 Å². The first-order valence-electron chi connectivity index (χ1n) is 5.35. The van der Waals surface area contributed by atoms with Gasteiger partial charge in [-0.1, -0.05) is 0 Å². The van der Waals surface area contributed by atoms with Crippen LogP contribution < -0.4 is 11.4 Å². The van der Waals surface area contributed by atoms with Crippen LogP contribution in [-0.4, -0.2) is 51.7 Å². The van der Waals surface area contributed by atoms with Gasteiger partial charge in [0.1, 0.15) is 17.5 Å². The van der Waals surface area contributed by atoms with Gasteiger partial charge in [0.05, 0.1) is 12.9 Å². The molecule has 20 heavy (non-hydrogen) atoms. The molecule has 1 aliphatic rings. The summed E-state index contributed by atoms with van der Waals surface area (Å²) in [5.74, 6) is 0.817. The van der Waals surface area contributed by atoms with Gasteiger partial charge in [0.25, 0.3) is 10.1 Å². The molecule has 2 heterocycles. The third-order valence-corrected chi connectivity index (χ3v) is 3.15. The number of aliphatic hydroxyl groups is 1. The van der Waals surface area contributed by atoms with Crippen molar-refractivity contribution < 1.29 is 22.8 Å². The van der Waals surface area contributed by atoms with E-state index < -0.39 is 15.8 Å². The molecule has 0 amide bonds. The summed E-state index contributed by atoms with van der Waals surface area (Å²) >= 11 is 1.47. The van der Waals surface area contributed by atoms with Gasteiger partial charge in [-0.25, -0.2) is 4.79 Å². The minimum Gasteiger partial charge on any atom is -0.393 e. The van der Waals surface area contributed by atoms with Crippen molar-refractivity contribution in [2.24, 2.45) is 0 Å². The molecule has 0 spiro atoms. The Kier molecular flexibility index (Phi) is 5.95. The van der Waals surface area contributed by atoms with Crippen molar-refractivity contribution in [3.63, 3.8) is 0 Å². The first kappa shape index (κ1) is 16.9. The molecule has 0 bridgehead atoms. The van der Waals surface area contributed by atoms with Gasteiger partial charge in [0, 0.05) is 11.9 Å². The molecule has 114 valence electrons. The maximum Gasteiger partial charge on any atom is 0.351 e. The van der Waals surface area contributed by atoms with E-state index in [-0.39, 0.29) is 24.1 Å². The Balaban J connectivity index is 0.000000347. The van der Waals surface area contributed by atoms with E-state index in [0.29, 0.717) is 12.0 Å². The highest BCUT2D eigenvalue weighted by molar-refractivity contribution is 8.00. The number of aliphatic hydroxyl groups excluding tert-OH is 1. The third kappa shape index (κ3) is 5.88. The molecular formula is C9H15N3O6S2. The summed E-state index contributed by atoms with van der Waals surface area (Å²) < 4.78 is 32.7. The lowest BCUT2D eigenvalue weighted by atomic mass is 10.5. The number of nitrogens with two attached hydrogens (primary N) is 1. The van der Waals surface area contributed by atoms with Crippen LogP contribution in [-0.2, 0) is 14.9 Å². The summed E-state index contributed by atoms with van der Waals surface area (Å²) in [6.45, 7) is -0.0572. The van der Waals surface area contributed by atoms with Crippen LogP contribution in [0.1, 0.15) is 6.23 Å². The summed E-state index contributed by atoms with van der Waals surface area (Å²) in [6.07, 6.45) is 1.90. The van der Waals surface area contributed by atoms with E-state index >= 15 is 0 Å². The maximum atomic E-state index is 11.4. The fourth-order valence-electron chi connectivity index (χ4n) is 1.33. The van der Waals surface area contributed by atoms with Crippen LogP contribution >= 0.6 is 11.8 Å². The average molecular weight is 325 g/mol. The highest BCUT2D eigenvalue weighted by atomic mass is 32.2. The smallest absolute Gasteiger partial charge is 0.351 e. The standard InChI is InChI=1S/C8H11N3O3S.CH4O3S/c9-5-1-2-11(8(13)10-5)6-4-15-7(3-12)14-6;1-5(2,3)4/h1-2,6-7,12H,3-4H2,(H2,9,10,13);1H3,(H,2,3,4)/t6-,7+;/m0./s1. The number of hydrogen-bond donors (Lipinski definition) is 3. The Morgan fingerprint density at radius 1 is 1.65 bits per heavy atom. The van der Waals surface area contributed by atoms with Crippen LogP contribution in [0.5, 0.6) is 0 Å². The van der Waals surface area contributed by atoms with Gasteiger partial charge in [-0.3, -0.25) is 9.12 Å². The van der Waals surface area contributed by atoms with E-state index in [9.17, 15) is 13.2 Å². The molecule has 11 heteroatoms. The summed E-state index contributed by atoms with van der Waals surface area (Å²) in [7, 11) is -3.67. The second-order valence-electron chi connectivity index (χ2n) is 3.81. The number of nitrogen functional groups attached to an aromatic ring is 1. The molecule has 0 radical (unpaired) electrons. The van der Waals surface area contributed by atoms with Gasteiger partial charge in [0.2, 0.25) is 0 Å². The lowest BCUT2D eigenvalue weighted by Gasteiger charge is -2.13. The third-order valence-electron chi connectivity index (χ3n) is 2.04. The minimum absolute atomic E-state index is 0.0572. The molecule has 0 unspecified atom stereocenters. The largest absolute Gasteiger partial charge is 0.393 e. The van der Waals surface area contributed by atoms with Crippen molar-refractivity contribution >= 4 is 27.7 Å². The maximum absolute atomic E-state index is 11.4. The van der Waals surface area contributed by atoms with Crippen molar-refractivity contribution in [2.75, 3.05) is 24.3 Å². The lowest BCUT2D eigenvalue weighted by molar-refractivity contribution is -0.00629. The molecule has 2 rings (SSSR count). The SMILES string of the molecule is CS(=O)(=O)O.Nc1ccn([C@@H]2CS[C@H](CO)O2)c(=O)n1. The summed E-state index contributed by atoms with van der Waals surface area (Å²) in [5.41, 5.74) is 4.67. The van der Waals surface area contributed by atoms with Crippen LogP contribution in [0.4, 0.5) is 5.82 Å². The van der Waals surface area contributed by atoms with Crippen molar-refractivity contribution in [3.8, 4) is 0 Å². The number of thioether (sulfide) groups is 1. The molecule has 1 aliphatic heterocycles.